The molecule has 3 heterocycles. The highest BCUT2D eigenvalue weighted by atomic mass is 79.9. The van der Waals surface area contributed by atoms with Gasteiger partial charge in [-0.05, 0) is 40.0 Å². The Morgan fingerprint density at radius 3 is 2.78 bits per heavy atom. The third-order valence-corrected chi connectivity index (χ3v) is 4.85. The van der Waals surface area contributed by atoms with Gasteiger partial charge >= 0.3 is 0 Å². The van der Waals surface area contributed by atoms with Crippen LogP contribution in [0, 0.1) is 0 Å². The van der Waals surface area contributed by atoms with Crippen LogP contribution in [0.4, 0.5) is 0 Å². The summed E-state index contributed by atoms with van der Waals surface area (Å²) in [6.07, 6.45) is 4.73. The lowest BCUT2D eigenvalue weighted by Gasteiger charge is -2.15. The summed E-state index contributed by atoms with van der Waals surface area (Å²) in [5.41, 5.74) is 2.61. The fourth-order valence-electron chi connectivity index (χ4n) is 3.17. The Bertz CT molecular complexity index is 859. The molecule has 1 aliphatic heterocycles. The Morgan fingerprint density at radius 2 is 1.96 bits per heavy atom. The van der Waals surface area contributed by atoms with Crippen molar-refractivity contribution < 1.29 is 4.79 Å². The van der Waals surface area contributed by atoms with Gasteiger partial charge in [0, 0.05) is 35.9 Å². The normalized spacial score (nSPS) is 17.8. The van der Waals surface area contributed by atoms with Gasteiger partial charge in [-0.25, -0.2) is 4.98 Å². The van der Waals surface area contributed by atoms with Gasteiger partial charge in [0.15, 0.2) is 0 Å². The van der Waals surface area contributed by atoms with Gasteiger partial charge in [0.1, 0.15) is 11.3 Å². The average Bonchev–Trinajstić information content (AvgIpc) is 3.21. The SMILES string of the molecule is O=C(c1cn2cc(Br)ccc2n1)N1CCC(c2ccccc2)C1. The second kappa shape index (κ2) is 5.81. The molecule has 0 saturated carbocycles. The highest BCUT2D eigenvalue weighted by Crippen LogP contribution is 2.28. The summed E-state index contributed by atoms with van der Waals surface area (Å²) in [5, 5.41) is 0. The number of hydrogen-bond acceptors (Lipinski definition) is 2. The summed E-state index contributed by atoms with van der Waals surface area (Å²) in [7, 11) is 0. The van der Waals surface area contributed by atoms with Crippen molar-refractivity contribution in [1.29, 1.82) is 0 Å². The monoisotopic (exact) mass is 369 g/mol. The molecule has 4 rings (SSSR count). The van der Waals surface area contributed by atoms with Crippen molar-refractivity contribution in [1.82, 2.24) is 14.3 Å². The second-order valence-corrected chi connectivity index (χ2v) is 6.80. The maximum Gasteiger partial charge on any atom is 0.274 e. The Hall–Kier alpha value is -2.14. The number of carbonyl (C=O) groups is 1. The number of halogens is 1. The van der Waals surface area contributed by atoms with Crippen LogP contribution in [-0.4, -0.2) is 33.3 Å². The zero-order valence-corrected chi connectivity index (χ0v) is 14.1. The van der Waals surface area contributed by atoms with Crippen molar-refractivity contribution in [3.8, 4) is 0 Å². The summed E-state index contributed by atoms with van der Waals surface area (Å²) >= 11 is 3.43. The van der Waals surface area contributed by atoms with E-state index in [1.165, 1.54) is 5.56 Å². The number of amides is 1. The molecule has 1 amide bonds. The number of aromatic nitrogens is 2. The third-order valence-electron chi connectivity index (χ3n) is 4.38. The molecular weight excluding hydrogens is 354 g/mol. The summed E-state index contributed by atoms with van der Waals surface area (Å²) < 4.78 is 2.84. The number of likely N-dealkylation sites (tertiary alicyclic amines) is 1. The quantitative estimate of drug-likeness (QED) is 0.690. The van der Waals surface area contributed by atoms with Crippen molar-refractivity contribution in [3.63, 3.8) is 0 Å². The van der Waals surface area contributed by atoms with Crippen LogP contribution in [0.5, 0.6) is 0 Å². The van der Waals surface area contributed by atoms with Crippen LogP contribution >= 0.6 is 15.9 Å². The number of hydrogen-bond donors (Lipinski definition) is 0. The molecule has 0 N–H and O–H groups in total. The van der Waals surface area contributed by atoms with E-state index in [2.05, 4.69) is 45.2 Å². The van der Waals surface area contributed by atoms with Gasteiger partial charge in [0.25, 0.3) is 5.91 Å². The largest absolute Gasteiger partial charge is 0.337 e. The molecule has 1 aromatic carbocycles. The van der Waals surface area contributed by atoms with Crippen molar-refractivity contribution in [2.45, 2.75) is 12.3 Å². The number of benzene rings is 1. The number of pyridine rings is 1. The molecule has 1 saturated heterocycles. The lowest BCUT2D eigenvalue weighted by molar-refractivity contribution is 0.0785. The molecule has 0 spiro atoms. The maximum atomic E-state index is 12.7. The lowest BCUT2D eigenvalue weighted by atomic mass is 9.99. The van der Waals surface area contributed by atoms with Gasteiger partial charge in [0.2, 0.25) is 0 Å². The molecule has 4 nitrogen and oxygen atoms in total. The topological polar surface area (TPSA) is 37.6 Å². The number of fused-ring (bicyclic) bond motifs is 1. The van der Waals surface area contributed by atoms with Gasteiger partial charge in [-0.3, -0.25) is 4.79 Å². The highest BCUT2D eigenvalue weighted by Gasteiger charge is 2.29. The van der Waals surface area contributed by atoms with Crippen LogP contribution in [0.15, 0.2) is 59.3 Å². The fraction of sp³-hybridized carbons (Fsp3) is 0.222. The van der Waals surface area contributed by atoms with E-state index < -0.39 is 0 Å². The van der Waals surface area contributed by atoms with Crippen molar-refractivity contribution in [3.05, 3.63) is 70.6 Å². The van der Waals surface area contributed by atoms with E-state index in [1.807, 2.05) is 33.7 Å². The average molecular weight is 370 g/mol. The summed E-state index contributed by atoms with van der Waals surface area (Å²) in [6, 6.07) is 14.2. The molecule has 0 radical (unpaired) electrons. The number of imidazole rings is 1. The predicted molar refractivity (Wildman–Crippen MR) is 92.6 cm³/mol. The molecule has 3 aromatic rings. The van der Waals surface area contributed by atoms with Gasteiger partial charge in [-0.1, -0.05) is 30.3 Å². The highest BCUT2D eigenvalue weighted by molar-refractivity contribution is 9.10. The van der Waals surface area contributed by atoms with Gasteiger partial charge in [-0.15, -0.1) is 0 Å². The van der Waals surface area contributed by atoms with E-state index in [-0.39, 0.29) is 5.91 Å². The minimum absolute atomic E-state index is 0.0169. The molecule has 0 bridgehead atoms. The molecule has 2 aromatic heterocycles. The molecule has 1 unspecified atom stereocenters. The Kier molecular flexibility index (Phi) is 3.65. The van der Waals surface area contributed by atoms with Crippen LogP contribution in [0.3, 0.4) is 0 Å². The molecule has 0 aliphatic carbocycles. The van der Waals surface area contributed by atoms with Crippen LogP contribution in [0.25, 0.3) is 5.65 Å². The summed E-state index contributed by atoms with van der Waals surface area (Å²) in [5.74, 6) is 0.439. The number of carbonyl (C=O) groups excluding carboxylic acids is 1. The van der Waals surface area contributed by atoms with Crippen LogP contribution in [-0.2, 0) is 0 Å². The Morgan fingerprint density at radius 1 is 1.13 bits per heavy atom. The molecule has 23 heavy (non-hydrogen) atoms. The van der Waals surface area contributed by atoms with E-state index >= 15 is 0 Å². The second-order valence-electron chi connectivity index (χ2n) is 5.89. The zero-order chi connectivity index (χ0) is 15.8. The predicted octanol–water partition coefficient (Wildman–Crippen LogP) is 3.73. The van der Waals surface area contributed by atoms with E-state index in [9.17, 15) is 4.79 Å². The lowest BCUT2D eigenvalue weighted by Crippen LogP contribution is -2.28. The maximum absolute atomic E-state index is 12.7. The van der Waals surface area contributed by atoms with Crippen LogP contribution in [0.2, 0.25) is 0 Å². The first kappa shape index (κ1) is 14.5. The Labute approximate surface area is 142 Å². The number of rotatable bonds is 2. The minimum atomic E-state index is 0.0169. The van der Waals surface area contributed by atoms with Gasteiger partial charge < -0.3 is 9.30 Å². The first-order valence-corrected chi connectivity index (χ1v) is 8.48. The van der Waals surface area contributed by atoms with Crippen LogP contribution < -0.4 is 0 Å². The molecule has 1 atom stereocenters. The van der Waals surface area contributed by atoms with Crippen LogP contribution in [0.1, 0.15) is 28.4 Å². The van der Waals surface area contributed by atoms with Crippen molar-refractivity contribution >= 4 is 27.5 Å². The summed E-state index contributed by atoms with van der Waals surface area (Å²) in [4.78, 5) is 19.1. The fourth-order valence-corrected chi connectivity index (χ4v) is 3.52. The zero-order valence-electron chi connectivity index (χ0n) is 12.5. The molecule has 116 valence electrons. The molecular formula is C18H16BrN3O. The van der Waals surface area contributed by atoms with Crippen molar-refractivity contribution in [2.24, 2.45) is 0 Å². The summed E-state index contributed by atoms with van der Waals surface area (Å²) in [6.45, 7) is 1.55. The molecule has 5 heteroatoms. The standard InChI is InChI=1S/C18H16BrN3O/c19-15-6-7-17-20-16(12-22(17)11-15)18(23)21-9-8-14(10-21)13-4-2-1-3-5-13/h1-7,11-12,14H,8-10H2. The Balaban J connectivity index is 1.55. The van der Waals surface area contributed by atoms with Gasteiger partial charge in [0.05, 0.1) is 0 Å². The molecule has 1 fully saturated rings. The minimum Gasteiger partial charge on any atom is -0.337 e. The molecule has 1 aliphatic rings. The van der Waals surface area contributed by atoms with E-state index in [0.717, 1.165) is 29.6 Å². The first-order chi connectivity index (χ1) is 11.2. The smallest absolute Gasteiger partial charge is 0.274 e. The van der Waals surface area contributed by atoms with Gasteiger partial charge in [-0.2, -0.15) is 0 Å². The van der Waals surface area contributed by atoms with E-state index in [4.69, 9.17) is 0 Å². The van der Waals surface area contributed by atoms with E-state index in [1.54, 1.807) is 6.20 Å². The van der Waals surface area contributed by atoms with E-state index in [0.29, 0.717) is 11.6 Å². The number of nitrogens with zero attached hydrogens (tertiary/aromatic N) is 3. The first-order valence-electron chi connectivity index (χ1n) is 7.69. The third kappa shape index (κ3) is 2.77. The van der Waals surface area contributed by atoms with Crippen molar-refractivity contribution in [2.75, 3.05) is 13.1 Å².